The van der Waals surface area contributed by atoms with Crippen molar-refractivity contribution >= 4 is 17.7 Å². The van der Waals surface area contributed by atoms with Gasteiger partial charge in [-0.2, -0.15) is 8.78 Å². The summed E-state index contributed by atoms with van der Waals surface area (Å²) in [6.07, 6.45) is 0. The third-order valence-electron chi connectivity index (χ3n) is 4.74. The van der Waals surface area contributed by atoms with E-state index >= 15 is 0 Å². The Kier molecular flexibility index (Phi) is 6.42. The van der Waals surface area contributed by atoms with Crippen LogP contribution >= 0.6 is 0 Å². The van der Waals surface area contributed by atoms with E-state index in [4.69, 9.17) is 4.52 Å². The highest BCUT2D eigenvalue weighted by molar-refractivity contribution is 5.97. The first-order valence-electron chi connectivity index (χ1n) is 9.16. The molecular formula is C19H22F2N4O4. The molecule has 1 aliphatic heterocycles. The maximum atomic E-state index is 12.7. The SMILES string of the molecule is Cc1cc(NC(=O)C(C)N2CCN(C(=O)c3ccccc3OC(F)F)CC2)on1. The van der Waals surface area contributed by atoms with E-state index < -0.39 is 12.7 Å². The fourth-order valence-corrected chi connectivity index (χ4v) is 3.14. The van der Waals surface area contributed by atoms with Gasteiger partial charge in [0.05, 0.1) is 17.3 Å². The van der Waals surface area contributed by atoms with Crippen LogP contribution in [0.2, 0.25) is 0 Å². The van der Waals surface area contributed by atoms with Crippen molar-refractivity contribution in [3.8, 4) is 5.75 Å². The third kappa shape index (κ3) is 5.08. The number of para-hydroxylation sites is 1. The number of nitrogens with one attached hydrogen (secondary N) is 1. The van der Waals surface area contributed by atoms with E-state index in [1.807, 2.05) is 4.90 Å². The molecule has 2 amide bonds. The molecule has 29 heavy (non-hydrogen) atoms. The molecule has 1 aromatic carbocycles. The highest BCUT2D eigenvalue weighted by atomic mass is 19.3. The minimum atomic E-state index is -3.01. The summed E-state index contributed by atoms with van der Waals surface area (Å²) in [5.74, 6) is -0.486. The van der Waals surface area contributed by atoms with Crippen LogP contribution in [0.25, 0.3) is 0 Å². The molecule has 0 aliphatic carbocycles. The van der Waals surface area contributed by atoms with Crippen LogP contribution in [0.3, 0.4) is 0 Å². The van der Waals surface area contributed by atoms with E-state index in [-0.39, 0.29) is 29.0 Å². The Morgan fingerprint density at radius 3 is 2.52 bits per heavy atom. The van der Waals surface area contributed by atoms with Crippen LogP contribution in [0.15, 0.2) is 34.9 Å². The van der Waals surface area contributed by atoms with Crippen molar-refractivity contribution < 1.29 is 27.6 Å². The number of carbonyl (C=O) groups is 2. The summed E-state index contributed by atoms with van der Waals surface area (Å²) >= 11 is 0. The van der Waals surface area contributed by atoms with Crippen molar-refractivity contribution in [2.75, 3.05) is 31.5 Å². The summed E-state index contributed by atoms with van der Waals surface area (Å²) in [7, 11) is 0. The fourth-order valence-electron chi connectivity index (χ4n) is 3.14. The van der Waals surface area contributed by atoms with E-state index in [2.05, 4.69) is 15.2 Å². The number of nitrogens with zero attached hydrogens (tertiary/aromatic N) is 3. The Labute approximate surface area is 166 Å². The summed E-state index contributed by atoms with van der Waals surface area (Å²) in [5.41, 5.74) is 0.754. The number of alkyl halides is 2. The van der Waals surface area contributed by atoms with E-state index in [9.17, 15) is 18.4 Å². The number of anilines is 1. The van der Waals surface area contributed by atoms with Crippen molar-refractivity contribution in [3.63, 3.8) is 0 Å². The zero-order valence-electron chi connectivity index (χ0n) is 16.1. The van der Waals surface area contributed by atoms with Crippen LogP contribution in [-0.4, -0.2) is 65.6 Å². The van der Waals surface area contributed by atoms with E-state index in [0.717, 1.165) is 0 Å². The highest BCUT2D eigenvalue weighted by Gasteiger charge is 2.29. The minimum Gasteiger partial charge on any atom is -0.434 e. The highest BCUT2D eigenvalue weighted by Crippen LogP contribution is 2.23. The van der Waals surface area contributed by atoms with Crippen LogP contribution in [0.5, 0.6) is 5.75 Å². The van der Waals surface area contributed by atoms with E-state index in [1.54, 1.807) is 30.9 Å². The Morgan fingerprint density at radius 1 is 1.21 bits per heavy atom. The van der Waals surface area contributed by atoms with Crippen molar-refractivity contribution in [2.24, 2.45) is 0 Å². The van der Waals surface area contributed by atoms with Gasteiger partial charge in [0.25, 0.3) is 5.91 Å². The van der Waals surface area contributed by atoms with Crippen LogP contribution in [0.1, 0.15) is 23.0 Å². The summed E-state index contributed by atoms with van der Waals surface area (Å²) in [4.78, 5) is 28.6. The van der Waals surface area contributed by atoms with Gasteiger partial charge in [-0.3, -0.25) is 19.8 Å². The predicted molar refractivity (Wildman–Crippen MR) is 99.9 cm³/mol. The van der Waals surface area contributed by atoms with Crippen molar-refractivity contribution in [2.45, 2.75) is 26.5 Å². The first kappa shape index (κ1) is 20.7. The number of amides is 2. The van der Waals surface area contributed by atoms with Gasteiger partial charge in [0.2, 0.25) is 11.8 Å². The normalized spacial score (nSPS) is 16.0. The first-order chi connectivity index (χ1) is 13.8. The van der Waals surface area contributed by atoms with Gasteiger partial charge in [-0.25, -0.2) is 0 Å². The zero-order valence-corrected chi connectivity index (χ0v) is 16.1. The lowest BCUT2D eigenvalue weighted by Crippen LogP contribution is -2.54. The molecule has 1 N–H and O–H groups in total. The van der Waals surface area contributed by atoms with Gasteiger partial charge in [-0.05, 0) is 26.0 Å². The molecule has 8 nitrogen and oxygen atoms in total. The predicted octanol–water partition coefficient (Wildman–Crippen LogP) is 2.37. The lowest BCUT2D eigenvalue weighted by molar-refractivity contribution is -0.121. The molecular weight excluding hydrogens is 386 g/mol. The maximum absolute atomic E-state index is 12.7. The van der Waals surface area contributed by atoms with Gasteiger partial charge in [0.15, 0.2) is 0 Å². The lowest BCUT2D eigenvalue weighted by atomic mass is 10.1. The van der Waals surface area contributed by atoms with Gasteiger partial charge < -0.3 is 14.2 Å². The van der Waals surface area contributed by atoms with E-state index in [1.165, 1.54) is 18.2 Å². The molecule has 0 saturated carbocycles. The summed E-state index contributed by atoms with van der Waals surface area (Å²) < 4.78 is 34.6. The van der Waals surface area contributed by atoms with Crippen molar-refractivity contribution in [3.05, 3.63) is 41.6 Å². The summed E-state index contributed by atoms with van der Waals surface area (Å²) in [6, 6.07) is 7.12. The molecule has 2 heterocycles. The number of rotatable bonds is 6. The molecule has 3 rings (SSSR count). The molecule has 1 atom stereocenters. The third-order valence-corrected chi connectivity index (χ3v) is 4.74. The van der Waals surface area contributed by atoms with Crippen LogP contribution in [0.4, 0.5) is 14.7 Å². The number of carbonyl (C=O) groups excluding carboxylic acids is 2. The monoisotopic (exact) mass is 408 g/mol. The van der Waals surface area contributed by atoms with Crippen molar-refractivity contribution in [1.82, 2.24) is 15.0 Å². The molecule has 0 radical (unpaired) electrons. The van der Waals surface area contributed by atoms with Gasteiger partial charge in [-0.1, -0.05) is 17.3 Å². The molecule has 0 spiro atoms. The largest absolute Gasteiger partial charge is 0.434 e. The Hall–Kier alpha value is -3.01. The number of piperazine rings is 1. The molecule has 1 aromatic heterocycles. The number of halogens is 2. The van der Waals surface area contributed by atoms with E-state index in [0.29, 0.717) is 31.9 Å². The average molecular weight is 408 g/mol. The molecule has 1 saturated heterocycles. The van der Waals surface area contributed by atoms with Gasteiger partial charge in [0, 0.05) is 32.2 Å². The molecule has 1 aliphatic rings. The molecule has 0 bridgehead atoms. The number of aryl methyl sites for hydroxylation is 1. The average Bonchev–Trinajstić information content (AvgIpc) is 3.11. The lowest BCUT2D eigenvalue weighted by Gasteiger charge is -2.37. The zero-order chi connectivity index (χ0) is 21.0. The van der Waals surface area contributed by atoms with Gasteiger partial charge >= 0.3 is 6.61 Å². The molecule has 1 fully saturated rings. The van der Waals surface area contributed by atoms with Crippen LogP contribution < -0.4 is 10.1 Å². The number of ether oxygens (including phenoxy) is 1. The number of aromatic nitrogens is 1. The second-order valence-corrected chi connectivity index (χ2v) is 6.70. The smallest absolute Gasteiger partial charge is 0.387 e. The minimum absolute atomic E-state index is 0.0905. The van der Waals surface area contributed by atoms with Gasteiger partial charge in [-0.15, -0.1) is 0 Å². The molecule has 156 valence electrons. The van der Waals surface area contributed by atoms with Crippen molar-refractivity contribution in [1.29, 1.82) is 0 Å². The number of hydrogen-bond acceptors (Lipinski definition) is 6. The Morgan fingerprint density at radius 2 is 1.90 bits per heavy atom. The molecule has 10 heteroatoms. The first-order valence-corrected chi connectivity index (χ1v) is 9.16. The Balaban J connectivity index is 1.57. The second-order valence-electron chi connectivity index (χ2n) is 6.70. The number of hydrogen-bond donors (Lipinski definition) is 1. The summed E-state index contributed by atoms with van der Waals surface area (Å²) in [5, 5.41) is 6.39. The standard InChI is InChI=1S/C19H22F2N4O4/c1-12-11-16(29-23-12)22-17(26)13(2)24-7-9-25(10-8-24)18(27)14-5-3-4-6-15(14)28-19(20)21/h3-6,11,13,19H,7-10H2,1-2H3,(H,22,26). The topological polar surface area (TPSA) is 87.9 Å². The second kappa shape index (κ2) is 8.99. The van der Waals surface area contributed by atoms with Crippen LogP contribution in [-0.2, 0) is 4.79 Å². The van der Waals surface area contributed by atoms with Gasteiger partial charge in [0.1, 0.15) is 5.75 Å². The molecule has 1 unspecified atom stereocenters. The number of benzene rings is 1. The van der Waals surface area contributed by atoms with Crippen LogP contribution in [0, 0.1) is 6.92 Å². The maximum Gasteiger partial charge on any atom is 0.387 e. The Bertz CT molecular complexity index is 865. The molecule has 2 aromatic rings. The summed E-state index contributed by atoms with van der Waals surface area (Å²) in [6.45, 7) is 2.17. The quantitative estimate of drug-likeness (QED) is 0.790. The fraction of sp³-hybridized carbons (Fsp3) is 0.421.